The molecule has 2 aromatic rings. The molecule has 0 N–H and O–H groups in total. The average molecular weight is 303 g/mol. The molecule has 0 aromatic carbocycles. The summed E-state index contributed by atoms with van der Waals surface area (Å²) in [6.45, 7) is 0. The van der Waals surface area contributed by atoms with Crippen molar-refractivity contribution in [3.63, 3.8) is 0 Å². The molecule has 0 aliphatic heterocycles. The van der Waals surface area contributed by atoms with Gasteiger partial charge < -0.3 is 0 Å². The van der Waals surface area contributed by atoms with Crippen LogP contribution in [0.3, 0.4) is 0 Å². The molecule has 0 unspecified atom stereocenters. The first-order valence-electron chi connectivity index (χ1n) is 4.94. The second-order valence-electron chi connectivity index (χ2n) is 3.23. The van der Waals surface area contributed by atoms with Crippen LogP contribution in [0.15, 0.2) is 51.4 Å². The van der Waals surface area contributed by atoms with Crippen molar-refractivity contribution in [2.75, 3.05) is 0 Å². The zero-order valence-corrected chi connectivity index (χ0v) is 10.7. The zero-order valence-electron chi connectivity index (χ0n) is 9.10. The van der Waals surface area contributed by atoms with E-state index < -0.39 is 0 Å². The lowest BCUT2D eigenvalue weighted by molar-refractivity contribution is 1.24. The highest BCUT2D eigenvalue weighted by molar-refractivity contribution is 9.10. The molecule has 0 saturated heterocycles. The van der Waals surface area contributed by atoms with Crippen LogP contribution in [0, 0.1) is 0 Å². The Hall–Kier alpha value is -2.24. The van der Waals surface area contributed by atoms with E-state index in [4.69, 9.17) is 5.53 Å². The molecule has 0 fully saturated rings. The van der Waals surface area contributed by atoms with E-state index in [9.17, 15) is 0 Å². The monoisotopic (exact) mass is 302 g/mol. The van der Waals surface area contributed by atoms with E-state index >= 15 is 0 Å². The third-order valence-corrected chi connectivity index (χ3v) is 2.43. The number of aliphatic imine (C=N–C) groups is 1. The molecular formula is C11H7BrN6. The predicted molar refractivity (Wildman–Crippen MR) is 72.2 cm³/mol. The molecule has 2 heterocycles. The van der Waals surface area contributed by atoms with Gasteiger partial charge in [-0.2, -0.15) is 0 Å². The molecule has 0 amide bonds. The average Bonchev–Trinajstić information content (AvgIpc) is 2.40. The molecule has 2 rings (SSSR count). The van der Waals surface area contributed by atoms with E-state index in [1.165, 1.54) is 0 Å². The summed E-state index contributed by atoms with van der Waals surface area (Å²) in [6, 6.07) is 5.39. The van der Waals surface area contributed by atoms with Gasteiger partial charge in [-0.3, -0.25) is 15.0 Å². The first kappa shape index (κ1) is 12.2. The lowest BCUT2D eigenvalue weighted by Crippen LogP contribution is -1.85. The van der Waals surface area contributed by atoms with Gasteiger partial charge in [0.05, 0.1) is 11.9 Å². The molecule has 0 radical (unpaired) electrons. The summed E-state index contributed by atoms with van der Waals surface area (Å²) in [5, 5.41) is 3.50. The number of hydrogen-bond acceptors (Lipinski definition) is 4. The fourth-order valence-electron chi connectivity index (χ4n) is 1.24. The minimum atomic E-state index is 0.286. The van der Waals surface area contributed by atoms with Gasteiger partial charge in [-0.15, -0.1) is 0 Å². The Morgan fingerprint density at radius 2 is 2.28 bits per heavy atom. The van der Waals surface area contributed by atoms with E-state index in [2.05, 4.69) is 40.9 Å². The van der Waals surface area contributed by atoms with Gasteiger partial charge >= 0.3 is 0 Å². The van der Waals surface area contributed by atoms with Crippen molar-refractivity contribution in [3.8, 4) is 0 Å². The summed E-state index contributed by atoms with van der Waals surface area (Å²) in [7, 11) is 0. The van der Waals surface area contributed by atoms with Gasteiger partial charge in [-0.05, 0) is 44.8 Å². The van der Waals surface area contributed by atoms with Crippen molar-refractivity contribution >= 4 is 33.6 Å². The quantitative estimate of drug-likeness (QED) is 0.372. The van der Waals surface area contributed by atoms with Gasteiger partial charge in [0.15, 0.2) is 0 Å². The Morgan fingerprint density at radius 3 is 3.00 bits per heavy atom. The van der Waals surface area contributed by atoms with E-state index in [1.807, 2.05) is 6.07 Å². The van der Waals surface area contributed by atoms with E-state index in [1.54, 1.807) is 36.9 Å². The maximum Gasteiger partial charge on any atom is 0.135 e. The number of aromatic nitrogens is 2. The topological polar surface area (TPSA) is 86.9 Å². The maximum atomic E-state index is 8.45. The van der Waals surface area contributed by atoms with Crippen LogP contribution in [0.2, 0.25) is 0 Å². The fourth-order valence-corrected chi connectivity index (χ4v) is 1.59. The molecule has 0 aliphatic rings. The maximum absolute atomic E-state index is 8.45. The minimum Gasteiger partial charge on any atom is -0.262 e. The summed E-state index contributed by atoms with van der Waals surface area (Å²) in [5.41, 5.74) is 9.79. The Bertz CT molecular complexity index is 619. The summed E-state index contributed by atoms with van der Waals surface area (Å²) < 4.78 is 0.784. The lowest BCUT2D eigenvalue weighted by atomic mass is 10.3. The number of nitrogens with zero attached hydrogens (tertiary/aromatic N) is 6. The van der Waals surface area contributed by atoms with Crippen molar-refractivity contribution in [2.45, 2.75) is 0 Å². The zero-order chi connectivity index (χ0) is 12.8. The van der Waals surface area contributed by atoms with Crippen molar-refractivity contribution in [3.05, 3.63) is 57.3 Å². The number of rotatable bonds is 3. The van der Waals surface area contributed by atoms with Crippen molar-refractivity contribution in [1.82, 2.24) is 9.97 Å². The minimum absolute atomic E-state index is 0.286. The predicted octanol–water partition coefficient (Wildman–Crippen LogP) is 3.93. The van der Waals surface area contributed by atoms with Gasteiger partial charge in [0.25, 0.3) is 0 Å². The Morgan fingerprint density at radius 1 is 1.39 bits per heavy atom. The molecule has 0 aliphatic carbocycles. The molecule has 7 heteroatoms. The largest absolute Gasteiger partial charge is 0.262 e. The Kier molecular flexibility index (Phi) is 4.01. The highest BCUT2D eigenvalue weighted by Crippen LogP contribution is 2.20. The molecule has 0 bridgehead atoms. The van der Waals surface area contributed by atoms with Gasteiger partial charge in [-0.1, -0.05) is 0 Å². The molecule has 0 saturated carbocycles. The van der Waals surface area contributed by atoms with Crippen LogP contribution in [-0.2, 0) is 0 Å². The van der Waals surface area contributed by atoms with Gasteiger partial charge in [0.2, 0.25) is 0 Å². The molecule has 0 atom stereocenters. The van der Waals surface area contributed by atoms with Crippen LogP contribution in [0.4, 0.5) is 11.5 Å². The highest BCUT2D eigenvalue weighted by atomic mass is 79.9. The normalized spacial score (nSPS) is 10.3. The SMILES string of the molecule is [N-]=[N+]=Nc1ncc(Br)cc1C=Nc1cccnc1. The van der Waals surface area contributed by atoms with Crippen LogP contribution in [0.25, 0.3) is 10.4 Å². The first-order valence-corrected chi connectivity index (χ1v) is 5.73. The number of pyridine rings is 2. The second-order valence-corrected chi connectivity index (χ2v) is 4.14. The van der Waals surface area contributed by atoms with Crippen LogP contribution in [0.1, 0.15) is 5.56 Å². The van der Waals surface area contributed by atoms with Gasteiger partial charge in [0, 0.05) is 33.6 Å². The molecule has 0 spiro atoms. The summed E-state index contributed by atoms with van der Waals surface area (Å²) in [6.07, 6.45) is 6.45. The Balaban J connectivity index is 2.36. The standard InChI is InChI=1S/C11H7BrN6/c12-9-4-8(11(16-6-9)17-18-13)5-15-10-2-1-3-14-7-10/h1-7H. The number of halogens is 1. The van der Waals surface area contributed by atoms with Crippen LogP contribution in [0.5, 0.6) is 0 Å². The highest BCUT2D eigenvalue weighted by Gasteiger charge is 2.00. The van der Waals surface area contributed by atoms with Gasteiger partial charge in [-0.25, -0.2) is 0 Å². The van der Waals surface area contributed by atoms with E-state index in [0.29, 0.717) is 11.3 Å². The molecular weight excluding hydrogens is 296 g/mol. The smallest absolute Gasteiger partial charge is 0.135 e. The van der Waals surface area contributed by atoms with Crippen LogP contribution >= 0.6 is 15.9 Å². The number of azide groups is 1. The van der Waals surface area contributed by atoms with Crippen molar-refractivity contribution in [2.24, 2.45) is 10.1 Å². The Labute approximate surface area is 111 Å². The third-order valence-electron chi connectivity index (χ3n) is 2.00. The van der Waals surface area contributed by atoms with E-state index in [-0.39, 0.29) is 5.82 Å². The number of hydrogen-bond donors (Lipinski definition) is 0. The fraction of sp³-hybridized carbons (Fsp3) is 0. The van der Waals surface area contributed by atoms with Crippen molar-refractivity contribution < 1.29 is 0 Å². The lowest BCUT2D eigenvalue weighted by Gasteiger charge is -1.99. The van der Waals surface area contributed by atoms with Gasteiger partial charge in [0.1, 0.15) is 5.82 Å². The summed E-state index contributed by atoms with van der Waals surface area (Å²) in [5.74, 6) is 0.286. The van der Waals surface area contributed by atoms with E-state index in [0.717, 1.165) is 4.47 Å². The molecule has 18 heavy (non-hydrogen) atoms. The first-order chi connectivity index (χ1) is 8.79. The molecule has 88 valence electrons. The van der Waals surface area contributed by atoms with Crippen LogP contribution < -0.4 is 0 Å². The summed E-state index contributed by atoms with van der Waals surface area (Å²) in [4.78, 5) is 14.9. The summed E-state index contributed by atoms with van der Waals surface area (Å²) >= 11 is 3.30. The second kappa shape index (κ2) is 5.90. The van der Waals surface area contributed by atoms with Crippen LogP contribution in [-0.4, -0.2) is 16.2 Å². The molecule has 2 aromatic heterocycles. The third kappa shape index (κ3) is 3.13. The molecule has 6 nitrogen and oxygen atoms in total. The van der Waals surface area contributed by atoms with Crippen molar-refractivity contribution in [1.29, 1.82) is 0 Å².